The van der Waals surface area contributed by atoms with Crippen LogP contribution in [0, 0.1) is 5.82 Å². The summed E-state index contributed by atoms with van der Waals surface area (Å²) in [6.07, 6.45) is 5.77. The number of furan rings is 1. The zero-order chi connectivity index (χ0) is 21.1. The molecule has 1 saturated carbocycles. The van der Waals surface area contributed by atoms with Crippen molar-refractivity contribution < 1.29 is 23.1 Å². The van der Waals surface area contributed by atoms with E-state index in [0.717, 1.165) is 37.5 Å². The second-order valence-corrected chi connectivity index (χ2v) is 8.08. The lowest BCUT2D eigenvalue weighted by Crippen LogP contribution is -2.31. The minimum atomic E-state index is -0.385. The molecule has 0 saturated heterocycles. The minimum Gasteiger partial charge on any atom is -0.493 e. The quantitative estimate of drug-likeness (QED) is 0.420. The van der Waals surface area contributed by atoms with Crippen LogP contribution in [0.5, 0.6) is 11.5 Å². The summed E-state index contributed by atoms with van der Waals surface area (Å²) in [6.45, 7) is 0. The molecule has 2 aromatic carbocycles. The Morgan fingerprint density at radius 2 is 1.83 bits per heavy atom. The van der Waals surface area contributed by atoms with Crippen molar-refractivity contribution in [2.45, 2.75) is 50.4 Å². The average molecular weight is 410 g/mol. The maximum atomic E-state index is 15.4. The van der Waals surface area contributed by atoms with Crippen molar-refractivity contribution in [2.24, 2.45) is 0 Å². The van der Waals surface area contributed by atoms with Gasteiger partial charge in [0.1, 0.15) is 5.58 Å². The Bertz CT molecular complexity index is 1010. The van der Waals surface area contributed by atoms with Crippen LogP contribution in [0.1, 0.15) is 61.1 Å². The van der Waals surface area contributed by atoms with Crippen LogP contribution in [0.15, 0.2) is 46.9 Å². The van der Waals surface area contributed by atoms with Crippen LogP contribution >= 0.6 is 0 Å². The van der Waals surface area contributed by atoms with Gasteiger partial charge in [-0.25, -0.2) is 4.39 Å². The van der Waals surface area contributed by atoms with Crippen molar-refractivity contribution in [3.05, 3.63) is 59.6 Å². The third-order valence-electron chi connectivity index (χ3n) is 6.40. The Morgan fingerprint density at radius 1 is 1.07 bits per heavy atom. The molecule has 0 N–H and O–H groups in total. The van der Waals surface area contributed by atoms with Gasteiger partial charge in [0.2, 0.25) is 0 Å². The van der Waals surface area contributed by atoms with Gasteiger partial charge in [-0.1, -0.05) is 43.5 Å². The van der Waals surface area contributed by atoms with Crippen LogP contribution in [0.2, 0.25) is 0 Å². The van der Waals surface area contributed by atoms with Gasteiger partial charge in [0.25, 0.3) is 0 Å². The minimum absolute atomic E-state index is 0.0444. The van der Waals surface area contributed by atoms with Gasteiger partial charge in [-0.3, -0.25) is 4.79 Å². The van der Waals surface area contributed by atoms with Crippen LogP contribution in [0.25, 0.3) is 11.0 Å². The van der Waals surface area contributed by atoms with Crippen LogP contribution in [0.4, 0.5) is 4.39 Å². The van der Waals surface area contributed by atoms with Gasteiger partial charge in [-0.05, 0) is 48.4 Å². The molecule has 1 aliphatic rings. The number of halogens is 1. The number of ketones is 1. The largest absolute Gasteiger partial charge is 0.493 e. The van der Waals surface area contributed by atoms with Gasteiger partial charge in [0.15, 0.2) is 28.9 Å². The molecule has 0 aliphatic heterocycles. The maximum Gasteiger partial charge on any atom is 0.198 e. The van der Waals surface area contributed by atoms with E-state index in [2.05, 4.69) is 0 Å². The summed E-state index contributed by atoms with van der Waals surface area (Å²) < 4.78 is 31.7. The molecule has 1 aromatic heterocycles. The molecule has 1 aliphatic carbocycles. The molecule has 1 heterocycles. The van der Waals surface area contributed by atoms with Crippen molar-refractivity contribution in [1.29, 1.82) is 0 Å². The molecule has 0 bridgehead atoms. The number of hydrogen-bond donors (Lipinski definition) is 0. The molecule has 0 atom stereocenters. The summed E-state index contributed by atoms with van der Waals surface area (Å²) >= 11 is 0. The van der Waals surface area contributed by atoms with Crippen molar-refractivity contribution >= 4 is 16.8 Å². The van der Waals surface area contributed by atoms with Crippen LogP contribution < -0.4 is 9.47 Å². The molecule has 0 amide bonds. The number of benzene rings is 2. The maximum absolute atomic E-state index is 15.4. The predicted octanol–water partition coefficient (Wildman–Crippen LogP) is 6.45. The molecule has 1 fully saturated rings. The van der Waals surface area contributed by atoms with E-state index in [1.54, 1.807) is 18.2 Å². The lowest BCUT2D eigenvalue weighted by molar-refractivity contribution is 0.0937. The molecule has 30 heavy (non-hydrogen) atoms. The van der Waals surface area contributed by atoms with E-state index in [9.17, 15) is 4.79 Å². The molecular formula is C25H27FO4. The Labute approximate surface area is 176 Å². The highest BCUT2D eigenvalue weighted by atomic mass is 19.1. The summed E-state index contributed by atoms with van der Waals surface area (Å²) in [5, 5.41) is 0.916. The SMILES string of the molecule is COc1ccc(C2(CCC(=O)c3cc4ccccc4o3)CCCCC2)c(F)c1OC. The molecule has 3 aromatic rings. The number of hydrogen-bond acceptors (Lipinski definition) is 4. The van der Waals surface area contributed by atoms with Gasteiger partial charge in [-0.2, -0.15) is 0 Å². The Balaban J connectivity index is 1.62. The van der Waals surface area contributed by atoms with Gasteiger partial charge >= 0.3 is 0 Å². The predicted molar refractivity (Wildman–Crippen MR) is 114 cm³/mol. The molecule has 0 unspecified atom stereocenters. The first kappa shape index (κ1) is 20.5. The number of carbonyl (C=O) groups is 1. The molecule has 5 heteroatoms. The van der Waals surface area contributed by atoms with Crippen LogP contribution in [0.3, 0.4) is 0 Å². The number of carbonyl (C=O) groups excluding carboxylic acids is 1. The smallest absolute Gasteiger partial charge is 0.198 e. The molecule has 0 radical (unpaired) electrons. The number of methoxy groups -OCH3 is 2. The van der Waals surface area contributed by atoms with Gasteiger partial charge in [0, 0.05) is 11.8 Å². The van der Waals surface area contributed by atoms with Gasteiger partial charge < -0.3 is 13.9 Å². The first-order valence-corrected chi connectivity index (χ1v) is 10.5. The lowest BCUT2D eigenvalue weighted by Gasteiger charge is -2.38. The fourth-order valence-corrected chi connectivity index (χ4v) is 4.78. The molecule has 4 nitrogen and oxygen atoms in total. The number of rotatable bonds is 7. The Morgan fingerprint density at radius 3 is 2.53 bits per heavy atom. The van der Waals surface area contributed by atoms with Crippen molar-refractivity contribution in [3.63, 3.8) is 0 Å². The molecule has 158 valence electrons. The lowest BCUT2D eigenvalue weighted by atomic mass is 9.66. The Hall–Kier alpha value is -2.82. The summed E-state index contributed by atoms with van der Waals surface area (Å²) in [6, 6.07) is 12.9. The zero-order valence-corrected chi connectivity index (χ0v) is 17.5. The van der Waals surface area contributed by atoms with Crippen molar-refractivity contribution in [3.8, 4) is 11.5 Å². The number of para-hydroxylation sites is 1. The monoisotopic (exact) mass is 410 g/mol. The fraction of sp³-hybridized carbons (Fsp3) is 0.400. The summed E-state index contributed by atoms with van der Waals surface area (Å²) in [7, 11) is 2.95. The molecule has 4 rings (SSSR count). The zero-order valence-electron chi connectivity index (χ0n) is 17.5. The number of ether oxygens (including phenoxy) is 2. The highest BCUT2D eigenvalue weighted by Crippen LogP contribution is 2.47. The van der Waals surface area contributed by atoms with Gasteiger partial charge in [-0.15, -0.1) is 0 Å². The normalized spacial score (nSPS) is 15.8. The van der Waals surface area contributed by atoms with E-state index < -0.39 is 0 Å². The van der Waals surface area contributed by atoms with E-state index in [1.165, 1.54) is 14.2 Å². The van der Waals surface area contributed by atoms with E-state index in [0.29, 0.717) is 35.5 Å². The van der Waals surface area contributed by atoms with Crippen molar-refractivity contribution in [2.75, 3.05) is 14.2 Å². The average Bonchev–Trinajstić information content (AvgIpc) is 3.22. The summed E-state index contributed by atoms with van der Waals surface area (Å²) in [5.41, 5.74) is 0.945. The third kappa shape index (κ3) is 3.69. The second kappa shape index (κ2) is 8.50. The summed E-state index contributed by atoms with van der Waals surface area (Å²) in [5.74, 6) is 0.452. The van der Waals surface area contributed by atoms with Gasteiger partial charge in [0.05, 0.1) is 14.2 Å². The standard InChI is InChI=1S/C25H27FO4/c1-28-21-11-10-18(23(26)24(21)29-2)25(13-6-3-7-14-25)15-12-19(27)22-16-17-8-4-5-9-20(17)30-22/h4-5,8-11,16H,3,6-7,12-15H2,1-2H3. The van der Waals surface area contributed by atoms with Crippen molar-refractivity contribution in [1.82, 2.24) is 0 Å². The number of Topliss-reactive ketones (excluding diaryl/α,β-unsaturated/α-hetero) is 1. The molecular weight excluding hydrogens is 383 g/mol. The van der Waals surface area contributed by atoms with E-state index >= 15 is 4.39 Å². The molecule has 0 spiro atoms. The topological polar surface area (TPSA) is 48.7 Å². The summed E-state index contributed by atoms with van der Waals surface area (Å²) in [4.78, 5) is 12.9. The van der Waals surface area contributed by atoms with Crippen LogP contribution in [-0.4, -0.2) is 20.0 Å². The first-order valence-electron chi connectivity index (χ1n) is 10.5. The first-order chi connectivity index (χ1) is 14.6. The second-order valence-electron chi connectivity index (χ2n) is 8.08. The van der Waals surface area contributed by atoms with E-state index in [4.69, 9.17) is 13.9 Å². The Kier molecular flexibility index (Phi) is 5.80. The van der Waals surface area contributed by atoms with Crippen LogP contribution in [-0.2, 0) is 5.41 Å². The highest BCUT2D eigenvalue weighted by molar-refractivity contribution is 5.97. The highest BCUT2D eigenvalue weighted by Gasteiger charge is 2.38. The van der Waals surface area contributed by atoms with E-state index in [1.807, 2.05) is 24.3 Å². The fourth-order valence-electron chi connectivity index (χ4n) is 4.78. The third-order valence-corrected chi connectivity index (χ3v) is 6.40. The number of fused-ring (bicyclic) bond motifs is 1. The van der Waals surface area contributed by atoms with E-state index in [-0.39, 0.29) is 22.8 Å².